The molecule has 0 aliphatic heterocycles. The third-order valence-electron chi connectivity index (χ3n) is 4.44. The van der Waals surface area contributed by atoms with Gasteiger partial charge in [-0.1, -0.05) is 60.7 Å². The smallest absolute Gasteiger partial charge is 0.136 e. The minimum Gasteiger partial charge on any atom is -0.456 e. The fourth-order valence-electron chi connectivity index (χ4n) is 3.28. The van der Waals surface area contributed by atoms with Gasteiger partial charge in [-0.25, -0.2) is 0 Å². The monoisotopic (exact) mass is 294 g/mol. The summed E-state index contributed by atoms with van der Waals surface area (Å²) in [6.45, 7) is 0. The molecule has 0 aliphatic rings. The summed E-state index contributed by atoms with van der Waals surface area (Å²) in [5.74, 6) is 0. The number of para-hydroxylation sites is 1. The van der Waals surface area contributed by atoms with Crippen LogP contribution in [0, 0.1) is 0 Å². The van der Waals surface area contributed by atoms with E-state index >= 15 is 0 Å². The van der Waals surface area contributed by atoms with Gasteiger partial charge in [0.05, 0.1) is 0 Å². The van der Waals surface area contributed by atoms with E-state index in [4.69, 9.17) is 4.42 Å². The summed E-state index contributed by atoms with van der Waals surface area (Å²) in [6, 6.07) is 29.7. The van der Waals surface area contributed by atoms with Gasteiger partial charge in [0.2, 0.25) is 0 Å². The maximum absolute atomic E-state index is 5.98. The summed E-state index contributed by atoms with van der Waals surface area (Å²) >= 11 is 0. The second kappa shape index (κ2) is 4.72. The number of hydrogen-bond acceptors (Lipinski definition) is 1. The number of hydrogen-bond donors (Lipinski definition) is 0. The maximum atomic E-state index is 5.98. The Bertz CT molecular complexity index is 1150. The van der Waals surface area contributed by atoms with Gasteiger partial charge in [0.15, 0.2) is 0 Å². The van der Waals surface area contributed by atoms with E-state index in [1.807, 2.05) is 18.2 Å². The Balaban J connectivity index is 1.81. The molecule has 0 aliphatic carbocycles. The van der Waals surface area contributed by atoms with Crippen LogP contribution in [0.5, 0.6) is 0 Å². The van der Waals surface area contributed by atoms with E-state index in [1.165, 1.54) is 32.7 Å². The Hall–Kier alpha value is -3.06. The molecule has 0 radical (unpaired) electrons. The SMILES string of the molecule is c1ccc(-c2ccc3cc4oc5ccccc5c4cc3c2)cc1. The van der Waals surface area contributed by atoms with E-state index in [0.717, 1.165) is 11.2 Å². The molecule has 23 heavy (non-hydrogen) atoms. The van der Waals surface area contributed by atoms with Gasteiger partial charge in [0, 0.05) is 10.8 Å². The van der Waals surface area contributed by atoms with Crippen LogP contribution < -0.4 is 0 Å². The zero-order valence-corrected chi connectivity index (χ0v) is 12.5. The molecule has 1 nitrogen and oxygen atoms in total. The third kappa shape index (κ3) is 1.94. The molecule has 1 heteroatoms. The van der Waals surface area contributed by atoms with E-state index in [9.17, 15) is 0 Å². The van der Waals surface area contributed by atoms with E-state index in [1.54, 1.807) is 0 Å². The van der Waals surface area contributed by atoms with Gasteiger partial charge in [-0.05, 0) is 46.2 Å². The lowest BCUT2D eigenvalue weighted by atomic mass is 10.00. The number of fused-ring (bicyclic) bond motifs is 4. The second-order valence-electron chi connectivity index (χ2n) is 5.87. The highest BCUT2D eigenvalue weighted by Gasteiger charge is 2.08. The summed E-state index contributed by atoms with van der Waals surface area (Å²) in [5.41, 5.74) is 4.38. The van der Waals surface area contributed by atoms with E-state index in [0.29, 0.717) is 0 Å². The van der Waals surface area contributed by atoms with Gasteiger partial charge in [-0.15, -0.1) is 0 Å². The molecule has 5 rings (SSSR count). The first-order chi connectivity index (χ1) is 11.4. The Labute approximate surface area is 133 Å². The van der Waals surface area contributed by atoms with E-state index < -0.39 is 0 Å². The molecule has 4 aromatic carbocycles. The van der Waals surface area contributed by atoms with Crippen molar-refractivity contribution in [2.45, 2.75) is 0 Å². The summed E-state index contributed by atoms with van der Waals surface area (Å²) in [5, 5.41) is 4.80. The second-order valence-corrected chi connectivity index (χ2v) is 5.87. The molecule has 5 aromatic rings. The molecule has 0 unspecified atom stereocenters. The van der Waals surface area contributed by atoms with Gasteiger partial charge in [-0.3, -0.25) is 0 Å². The molecule has 0 N–H and O–H groups in total. The molecular formula is C22H14O. The van der Waals surface area contributed by atoms with Crippen LogP contribution in [-0.4, -0.2) is 0 Å². The summed E-state index contributed by atoms with van der Waals surface area (Å²) in [4.78, 5) is 0. The van der Waals surface area contributed by atoms with Crippen molar-refractivity contribution in [2.75, 3.05) is 0 Å². The Kier molecular flexibility index (Phi) is 2.56. The van der Waals surface area contributed by atoms with Crippen LogP contribution >= 0.6 is 0 Å². The Morgan fingerprint density at radius 2 is 1.30 bits per heavy atom. The average molecular weight is 294 g/mol. The van der Waals surface area contributed by atoms with Gasteiger partial charge in [0.25, 0.3) is 0 Å². The highest BCUT2D eigenvalue weighted by molar-refractivity contribution is 6.10. The van der Waals surface area contributed by atoms with Crippen molar-refractivity contribution in [2.24, 2.45) is 0 Å². The topological polar surface area (TPSA) is 13.1 Å². The maximum Gasteiger partial charge on any atom is 0.136 e. The third-order valence-corrected chi connectivity index (χ3v) is 4.44. The summed E-state index contributed by atoms with van der Waals surface area (Å²) in [7, 11) is 0. The first-order valence-corrected chi connectivity index (χ1v) is 7.79. The van der Waals surface area contributed by atoms with Crippen LogP contribution in [0.25, 0.3) is 43.8 Å². The van der Waals surface area contributed by atoms with Crippen LogP contribution in [0.2, 0.25) is 0 Å². The normalized spacial score (nSPS) is 11.5. The Morgan fingerprint density at radius 3 is 2.22 bits per heavy atom. The lowest BCUT2D eigenvalue weighted by molar-refractivity contribution is 0.669. The van der Waals surface area contributed by atoms with Gasteiger partial charge in [0.1, 0.15) is 11.2 Å². The van der Waals surface area contributed by atoms with Crippen LogP contribution in [0.3, 0.4) is 0 Å². The number of furan rings is 1. The molecule has 108 valence electrons. The fourth-order valence-corrected chi connectivity index (χ4v) is 3.28. The van der Waals surface area contributed by atoms with Crippen LogP contribution in [0.1, 0.15) is 0 Å². The highest BCUT2D eigenvalue weighted by atomic mass is 16.3. The van der Waals surface area contributed by atoms with Crippen molar-refractivity contribution >= 4 is 32.7 Å². The van der Waals surface area contributed by atoms with E-state index in [-0.39, 0.29) is 0 Å². The molecule has 0 atom stereocenters. The zero-order chi connectivity index (χ0) is 15.2. The first kappa shape index (κ1) is 12.5. The van der Waals surface area contributed by atoms with Crippen molar-refractivity contribution in [3.63, 3.8) is 0 Å². The van der Waals surface area contributed by atoms with Crippen LogP contribution in [-0.2, 0) is 0 Å². The molecule has 0 bridgehead atoms. The van der Waals surface area contributed by atoms with Crippen molar-refractivity contribution in [1.82, 2.24) is 0 Å². The molecule has 0 saturated heterocycles. The standard InChI is InChI=1S/C22H14O/c1-2-6-15(7-3-1)16-10-11-17-14-22-20(13-18(17)12-16)19-8-4-5-9-21(19)23-22/h1-14H. The fraction of sp³-hybridized carbons (Fsp3) is 0. The minimum absolute atomic E-state index is 0.945. The van der Waals surface area contributed by atoms with Crippen molar-refractivity contribution in [1.29, 1.82) is 0 Å². The minimum atomic E-state index is 0.945. The number of rotatable bonds is 1. The molecule has 1 aromatic heterocycles. The van der Waals surface area contributed by atoms with Gasteiger partial charge >= 0.3 is 0 Å². The average Bonchev–Trinajstić information content (AvgIpc) is 2.97. The lowest BCUT2D eigenvalue weighted by Crippen LogP contribution is -1.79. The lowest BCUT2D eigenvalue weighted by Gasteiger charge is -2.04. The van der Waals surface area contributed by atoms with Crippen LogP contribution in [0.4, 0.5) is 0 Å². The molecule has 0 fully saturated rings. The zero-order valence-electron chi connectivity index (χ0n) is 12.5. The highest BCUT2D eigenvalue weighted by Crippen LogP contribution is 2.33. The predicted molar refractivity (Wildman–Crippen MR) is 96.7 cm³/mol. The molecule has 1 heterocycles. The quantitative estimate of drug-likeness (QED) is 0.348. The van der Waals surface area contributed by atoms with Gasteiger partial charge in [-0.2, -0.15) is 0 Å². The van der Waals surface area contributed by atoms with Crippen molar-refractivity contribution in [3.8, 4) is 11.1 Å². The molecular weight excluding hydrogens is 280 g/mol. The molecule has 0 amide bonds. The Morgan fingerprint density at radius 1 is 0.478 bits per heavy atom. The summed E-state index contributed by atoms with van der Waals surface area (Å²) < 4.78 is 5.98. The largest absolute Gasteiger partial charge is 0.456 e. The van der Waals surface area contributed by atoms with E-state index in [2.05, 4.69) is 66.7 Å². The van der Waals surface area contributed by atoms with Crippen molar-refractivity contribution in [3.05, 3.63) is 84.9 Å². The number of benzene rings is 4. The first-order valence-electron chi connectivity index (χ1n) is 7.79. The molecule has 0 saturated carbocycles. The van der Waals surface area contributed by atoms with Crippen LogP contribution in [0.15, 0.2) is 89.3 Å². The van der Waals surface area contributed by atoms with Crippen molar-refractivity contribution < 1.29 is 4.42 Å². The molecule has 0 spiro atoms. The summed E-state index contributed by atoms with van der Waals surface area (Å²) in [6.07, 6.45) is 0. The van der Waals surface area contributed by atoms with Gasteiger partial charge < -0.3 is 4.42 Å². The predicted octanol–water partition coefficient (Wildman–Crippen LogP) is 6.41.